The molecule has 0 spiro atoms. The SMILES string of the molecule is C#Cc1cc(Cl)c2nc(Nc3cc(O[C@@H]4CCNC4)cc(-c4cnn(C)c4)c3)ncc2c1.Cc1ncc(-c2ccc(Nc3ncc4cc(-c5nccs5)c(OC5CCNCC5)cc4n3)cc2)cn1.Cn1cc(-c2cc(Nc3ncc4cc(Br)cc(Cl)c4n3)cc(O[C@@H]3CCNC3)c2)cn1.Nc1ccc(-c2ccc(Nc3ncc4cc(-c5nccs5)c(OC5CCNCC5)cc4n3)cc2)cn1. The molecule has 30 nitrogen and oxygen atoms in total. The lowest BCUT2D eigenvalue weighted by Crippen LogP contribution is -2.34. The second kappa shape index (κ2) is 41.9. The molecular formula is C100H91BrCl2N26O4S2. The fourth-order valence-electron chi connectivity index (χ4n) is 16.0. The van der Waals surface area contributed by atoms with E-state index in [1.54, 1.807) is 62.8 Å². The molecule has 22 rings (SSSR count). The molecule has 4 fully saturated rings. The number of nitrogens with one attached hydrogen (secondary N) is 8. The standard InChI is InChI=1S/2C27H25N7OS.C24H21ClN6O.C22H20BrClN6O/c1-17-30-15-20(16-31-17)18-2-4-21(5-3-18)33-27-32-14-19-12-23(26-29-10-11-36-26)25(13-24(19)34-27)35-22-6-8-28-9-7-22;28-25-6-3-18(15-31-25)17-1-4-20(5-2-17)33-27-32-16-19-13-22(26-30-11-12-36-26)24(14-23(19)34-27)35-21-7-9-29-10-8-21;1-3-15-6-17-11-27-24(30-23(17)22(25)7-15)29-19-8-16(18-12-28-31(2)14-18)9-21(10-19)32-20-4-5-26-13-20;1-30-12-15(10-27-30)13-5-17(8-19(6-13)31-18-2-3-25-11-18)28-22-26-9-14-4-16(23)7-20(24)21(14)29-22/h2-5,10-16,22,28H,6-9H2,1H3,(H,32,33,34);1-6,11-16,21,29H,7-10H2,(H2,28,31)(H,32,33,34);1,6-12,14,20,26H,4-5,13H2,2H3,(H,27,29,30);4-10,12,18,25H,2-3,11H2,1H3,(H,26,28,29)/t;;20-;18-/m..11/s1. The van der Waals surface area contributed by atoms with Crippen LogP contribution in [0.3, 0.4) is 0 Å². The number of aromatic nitrogens is 17. The second-order valence-corrected chi connectivity index (χ2v) is 36.2. The highest BCUT2D eigenvalue weighted by Gasteiger charge is 2.25. The monoisotopic (exact) mass is 1930 g/mol. The Kier molecular flexibility index (Phi) is 27.9. The lowest BCUT2D eigenvalue weighted by atomic mass is 10.1. The molecule has 35 heteroatoms. The van der Waals surface area contributed by atoms with Crippen molar-refractivity contribution in [2.75, 3.05) is 79.4 Å². The van der Waals surface area contributed by atoms with Crippen molar-refractivity contribution in [2.45, 2.75) is 69.9 Å². The number of fused-ring (bicyclic) bond motifs is 4. The summed E-state index contributed by atoms with van der Waals surface area (Å²) in [6.07, 6.45) is 35.9. The van der Waals surface area contributed by atoms with Crippen molar-refractivity contribution in [2.24, 2.45) is 14.1 Å². The highest BCUT2D eigenvalue weighted by atomic mass is 79.9. The summed E-state index contributed by atoms with van der Waals surface area (Å²) in [5.41, 5.74) is 22.8. The summed E-state index contributed by atoms with van der Waals surface area (Å²) in [5.74, 6) is 9.02. The Morgan fingerprint density at radius 2 is 0.852 bits per heavy atom. The van der Waals surface area contributed by atoms with E-state index in [2.05, 4.69) is 142 Å². The second-order valence-electron chi connectivity index (χ2n) is 32.7. The summed E-state index contributed by atoms with van der Waals surface area (Å²) < 4.78 is 29.8. The normalized spacial score (nSPS) is 14.9. The van der Waals surface area contributed by atoms with Crippen molar-refractivity contribution < 1.29 is 18.9 Å². The quantitative estimate of drug-likeness (QED) is 0.0285. The predicted molar refractivity (Wildman–Crippen MR) is 540 cm³/mol. The summed E-state index contributed by atoms with van der Waals surface area (Å²) in [6, 6.07) is 47.4. The third-order valence-corrected chi connectivity index (χ3v) is 25.5. The molecule has 14 heterocycles. The van der Waals surface area contributed by atoms with Crippen molar-refractivity contribution in [3.8, 4) is 101 Å². The molecule has 4 aliphatic heterocycles. The molecule has 678 valence electrons. The number of nitrogens with two attached hydrogens (primary N) is 1. The van der Waals surface area contributed by atoms with Gasteiger partial charge < -0.3 is 67.2 Å². The number of thiazole rings is 2. The smallest absolute Gasteiger partial charge is 0.227 e. The minimum atomic E-state index is 0.146. The van der Waals surface area contributed by atoms with Gasteiger partial charge in [0.2, 0.25) is 23.8 Å². The molecule has 4 aliphatic rings. The van der Waals surface area contributed by atoms with E-state index < -0.39 is 0 Å². The topological polar surface area (TPSA) is 362 Å². The minimum absolute atomic E-state index is 0.146. The van der Waals surface area contributed by atoms with Crippen LogP contribution in [0.25, 0.3) is 109 Å². The van der Waals surface area contributed by atoms with Crippen LogP contribution >= 0.6 is 61.8 Å². The number of nitrogens with zero attached hydrogens (tertiary/aromatic N) is 17. The number of piperidine rings is 2. The van der Waals surface area contributed by atoms with Gasteiger partial charge in [-0.15, -0.1) is 29.1 Å². The molecule has 2 atom stereocenters. The third-order valence-electron chi connectivity index (χ3n) is 22.8. The van der Waals surface area contributed by atoms with Crippen LogP contribution < -0.4 is 67.2 Å². The number of ether oxygens (including phenoxy) is 4. The Morgan fingerprint density at radius 1 is 0.415 bits per heavy atom. The van der Waals surface area contributed by atoms with E-state index in [4.69, 9.17) is 64.3 Å². The average Bonchev–Trinajstić information content (AvgIpc) is 1.61. The number of hydrogen-bond donors (Lipinski definition) is 9. The van der Waals surface area contributed by atoms with Gasteiger partial charge in [-0.05, 0) is 204 Å². The molecule has 8 aromatic carbocycles. The van der Waals surface area contributed by atoms with Crippen molar-refractivity contribution in [1.29, 1.82) is 0 Å². The van der Waals surface area contributed by atoms with Crippen LogP contribution in [-0.4, -0.2) is 161 Å². The molecule has 18 aromatic rings. The van der Waals surface area contributed by atoms with Crippen molar-refractivity contribution in [1.82, 2.24) is 106 Å². The molecule has 0 saturated carbocycles. The van der Waals surface area contributed by atoms with Crippen LogP contribution in [0.1, 0.15) is 49.9 Å². The summed E-state index contributed by atoms with van der Waals surface area (Å²) >= 11 is 19.4. The van der Waals surface area contributed by atoms with Gasteiger partial charge in [-0.3, -0.25) is 9.36 Å². The molecule has 4 saturated heterocycles. The number of hydrogen-bond acceptors (Lipinski definition) is 30. The minimum Gasteiger partial charge on any atom is -0.490 e. The number of terminal acetylenes is 1. The number of anilines is 9. The fraction of sp³-hybridized carbons (Fsp3) is 0.210. The van der Waals surface area contributed by atoms with Gasteiger partial charge in [-0.2, -0.15) is 10.2 Å². The molecule has 10 N–H and O–H groups in total. The Labute approximate surface area is 803 Å². The molecular weight excluding hydrogens is 1840 g/mol. The molecule has 0 radical (unpaired) electrons. The van der Waals surface area contributed by atoms with Crippen LogP contribution in [-0.2, 0) is 14.1 Å². The Morgan fingerprint density at radius 3 is 1.30 bits per heavy atom. The van der Waals surface area contributed by atoms with Crippen LogP contribution in [0.15, 0.2) is 241 Å². The Bertz CT molecular complexity index is 7010. The molecule has 0 bridgehead atoms. The maximum atomic E-state index is 6.47. The van der Waals surface area contributed by atoms with Gasteiger partial charge in [-0.25, -0.2) is 64.8 Å². The number of nitrogen functional groups attached to an aromatic ring is 1. The van der Waals surface area contributed by atoms with Gasteiger partial charge in [0.25, 0.3) is 0 Å². The largest absolute Gasteiger partial charge is 0.490 e. The lowest BCUT2D eigenvalue weighted by Gasteiger charge is -2.25. The van der Waals surface area contributed by atoms with Gasteiger partial charge in [0.15, 0.2) is 0 Å². The van der Waals surface area contributed by atoms with E-state index >= 15 is 0 Å². The van der Waals surface area contributed by atoms with Gasteiger partial charge in [0, 0.05) is 207 Å². The van der Waals surface area contributed by atoms with Crippen molar-refractivity contribution in [3.05, 3.63) is 263 Å². The summed E-state index contributed by atoms with van der Waals surface area (Å²) in [5, 5.41) is 45.7. The molecule has 10 aromatic heterocycles. The van der Waals surface area contributed by atoms with Gasteiger partial charge in [-0.1, -0.05) is 69.3 Å². The molecule has 0 aliphatic carbocycles. The molecule has 135 heavy (non-hydrogen) atoms. The number of aryl methyl sites for hydroxylation is 3. The van der Waals surface area contributed by atoms with E-state index in [9.17, 15) is 0 Å². The summed E-state index contributed by atoms with van der Waals surface area (Å²) in [6.45, 7) is 9.37. The summed E-state index contributed by atoms with van der Waals surface area (Å²) in [4.78, 5) is 58.5. The number of pyridine rings is 1. The zero-order chi connectivity index (χ0) is 92.1. The highest BCUT2D eigenvalue weighted by Crippen LogP contribution is 2.41. The van der Waals surface area contributed by atoms with Crippen LogP contribution in [0.4, 0.5) is 52.4 Å². The van der Waals surface area contributed by atoms with Gasteiger partial charge in [0.05, 0.1) is 55.6 Å². The maximum absolute atomic E-state index is 6.47. The van der Waals surface area contributed by atoms with E-state index in [0.29, 0.717) is 56.3 Å². The first-order chi connectivity index (χ1) is 66.0. The molecule has 0 amide bonds. The van der Waals surface area contributed by atoms with E-state index in [1.807, 2.05) is 215 Å². The first kappa shape index (κ1) is 89.9. The van der Waals surface area contributed by atoms with Crippen LogP contribution in [0.2, 0.25) is 10.0 Å². The van der Waals surface area contributed by atoms with Crippen LogP contribution in [0.5, 0.6) is 23.0 Å². The zero-order valence-electron chi connectivity index (χ0n) is 73.6. The van der Waals surface area contributed by atoms with E-state index in [0.717, 1.165) is 245 Å². The van der Waals surface area contributed by atoms with Gasteiger partial charge in [0.1, 0.15) is 69.1 Å². The van der Waals surface area contributed by atoms with Crippen molar-refractivity contribution >= 4 is 158 Å². The first-order valence-electron chi connectivity index (χ1n) is 44.1. The van der Waals surface area contributed by atoms with Crippen LogP contribution in [0, 0.1) is 19.3 Å². The maximum Gasteiger partial charge on any atom is 0.227 e. The first-order valence-corrected chi connectivity index (χ1v) is 47.4. The van der Waals surface area contributed by atoms with Crippen molar-refractivity contribution in [3.63, 3.8) is 0 Å². The average molecular weight is 1940 g/mol. The van der Waals surface area contributed by atoms with Gasteiger partial charge >= 0.3 is 0 Å². The lowest BCUT2D eigenvalue weighted by molar-refractivity contribution is 0.163. The number of halogens is 3. The predicted octanol–water partition coefficient (Wildman–Crippen LogP) is 19.7. The number of benzene rings is 8. The zero-order valence-corrected chi connectivity index (χ0v) is 78.3. The third kappa shape index (κ3) is 22.8. The summed E-state index contributed by atoms with van der Waals surface area (Å²) in [7, 11) is 3.80. The molecule has 0 unspecified atom stereocenters. The van der Waals surface area contributed by atoms with E-state index in [-0.39, 0.29) is 24.4 Å². The fourth-order valence-corrected chi connectivity index (χ4v) is 18.4. The number of rotatable bonds is 22. The Balaban J connectivity index is 0.000000116. The highest BCUT2D eigenvalue weighted by molar-refractivity contribution is 9.10. The van der Waals surface area contributed by atoms with E-state index in [1.165, 1.54) is 0 Å². The Hall–Kier alpha value is -14.3.